The van der Waals surface area contributed by atoms with Gasteiger partial charge in [-0.25, -0.2) is 0 Å². The summed E-state index contributed by atoms with van der Waals surface area (Å²) in [5.41, 5.74) is 2.35. The number of para-hydroxylation sites is 1. The van der Waals surface area contributed by atoms with Gasteiger partial charge >= 0.3 is 0 Å². The first-order valence-corrected chi connectivity index (χ1v) is 6.02. The highest BCUT2D eigenvalue weighted by molar-refractivity contribution is 5.39. The number of benzene rings is 1. The Morgan fingerprint density at radius 1 is 1.25 bits per heavy atom. The number of rotatable bonds is 6. The van der Waals surface area contributed by atoms with Gasteiger partial charge in [-0.1, -0.05) is 25.1 Å². The maximum Gasteiger partial charge on any atom is 0.125 e. The second-order valence-electron chi connectivity index (χ2n) is 4.27. The zero-order valence-electron chi connectivity index (χ0n) is 10.5. The third kappa shape index (κ3) is 3.86. The third-order valence-corrected chi connectivity index (χ3v) is 2.81. The Bertz CT molecular complexity index is 300. The van der Waals surface area contributed by atoms with E-state index in [4.69, 9.17) is 4.74 Å². The van der Waals surface area contributed by atoms with E-state index < -0.39 is 0 Å². The molecule has 0 saturated carbocycles. The minimum atomic E-state index is -0.179. The van der Waals surface area contributed by atoms with Crippen LogP contribution in [-0.2, 0) is 0 Å². The van der Waals surface area contributed by atoms with Crippen molar-refractivity contribution in [1.29, 1.82) is 0 Å². The highest BCUT2D eigenvalue weighted by Crippen LogP contribution is 2.22. The Labute approximate surface area is 98.3 Å². The lowest BCUT2D eigenvalue weighted by Gasteiger charge is -2.12. The van der Waals surface area contributed by atoms with Gasteiger partial charge in [0.2, 0.25) is 0 Å². The van der Waals surface area contributed by atoms with E-state index in [0.29, 0.717) is 6.61 Å². The zero-order chi connectivity index (χ0) is 12.0. The lowest BCUT2D eigenvalue weighted by Crippen LogP contribution is -2.08. The number of hydrogen-bond acceptors (Lipinski definition) is 2. The summed E-state index contributed by atoms with van der Waals surface area (Å²) >= 11 is 0. The molecule has 0 bridgehead atoms. The lowest BCUT2D eigenvalue weighted by molar-refractivity contribution is 0.148. The van der Waals surface area contributed by atoms with E-state index in [1.54, 1.807) is 0 Å². The first-order chi connectivity index (χ1) is 7.65. The minimum Gasteiger partial charge on any atom is -0.493 e. The summed E-state index contributed by atoms with van der Waals surface area (Å²) in [6, 6.07) is 6.16. The van der Waals surface area contributed by atoms with Crippen LogP contribution < -0.4 is 4.74 Å². The van der Waals surface area contributed by atoms with Gasteiger partial charge in [0.05, 0.1) is 12.7 Å². The fourth-order valence-corrected chi connectivity index (χ4v) is 1.72. The molecule has 1 aromatic carbocycles. The van der Waals surface area contributed by atoms with Crippen molar-refractivity contribution in [2.75, 3.05) is 6.61 Å². The summed E-state index contributed by atoms with van der Waals surface area (Å²) in [5.74, 6) is 0.994. The standard InChI is InChI=1S/C14H22O2/c1-4-13(15)9-6-10-16-14-11(2)7-5-8-12(14)3/h5,7-8,13,15H,4,6,9-10H2,1-3H3. The van der Waals surface area contributed by atoms with Crippen LogP contribution in [0.1, 0.15) is 37.3 Å². The number of ether oxygens (including phenoxy) is 1. The molecule has 0 radical (unpaired) electrons. The van der Waals surface area contributed by atoms with E-state index in [1.165, 1.54) is 11.1 Å². The van der Waals surface area contributed by atoms with Crippen LogP contribution in [0.4, 0.5) is 0 Å². The molecule has 0 aliphatic rings. The van der Waals surface area contributed by atoms with Crippen molar-refractivity contribution in [3.05, 3.63) is 29.3 Å². The van der Waals surface area contributed by atoms with E-state index in [0.717, 1.165) is 25.0 Å². The average Bonchev–Trinajstić information content (AvgIpc) is 2.27. The predicted octanol–water partition coefficient (Wildman–Crippen LogP) is 3.23. The van der Waals surface area contributed by atoms with Gasteiger partial charge in [-0.15, -0.1) is 0 Å². The largest absolute Gasteiger partial charge is 0.493 e. The van der Waals surface area contributed by atoms with Crippen molar-refractivity contribution >= 4 is 0 Å². The van der Waals surface area contributed by atoms with E-state index in [1.807, 2.05) is 13.0 Å². The Balaban J connectivity index is 2.37. The summed E-state index contributed by atoms with van der Waals surface area (Å²) in [5, 5.41) is 9.41. The Kier molecular flexibility index (Phi) is 5.33. The van der Waals surface area contributed by atoms with Crippen LogP contribution in [0.15, 0.2) is 18.2 Å². The zero-order valence-corrected chi connectivity index (χ0v) is 10.5. The lowest BCUT2D eigenvalue weighted by atomic mass is 10.1. The molecule has 0 heterocycles. The average molecular weight is 222 g/mol. The molecule has 2 heteroatoms. The molecule has 0 saturated heterocycles. The fraction of sp³-hybridized carbons (Fsp3) is 0.571. The smallest absolute Gasteiger partial charge is 0.125 e. The van der Waals surface area contributed by atoms with Crippen LogP contribution >= 0.6 is 0 Å². The maximum atomic E-state index is 9.41. The first kappa shape index (κ1) is 13.0. The van der Waals surface area contributed by atoms with Crippen LogP contribution in [0.25, 0.3) is 0 Å². The third-order valence-electron chi connectivity index (χ3n) is 2.81. The molecule has 2 nitrogen and oxygen atoms in total. The van der Waals surface area contributed by atoms with Gasteiger partial charge in [-0.2, -0.15) is 0 Å². The Hall–Kier alpha value is -1.02. The van der Waals surface area contributed by atoms with Gasteiger partial charge < -0.3 is 9.84 Å². The second-order valence-corrected chi connectivity index (χ2v) is 4.27. The van der Waals surface area contributed by atoms with Crippen LogP contribution in [0.5, 0.6) is 5.75 Å². The number of aryl methyl sites for hydroxylation is 2. The van der Waals surface area contributed by atoms with Gasteiger partial charge in [0.15, 0.2) is 0 Å². The summed E-state index contributed by atoms with van der Waals surface area (Å²) in [6.45, 7) is 6.80. The van der Waals surface area contributed by atoms with Gasteiger partial charge in [-0.05, 0) is 44.2 Å². The van der Waals surface area contributed by atoms with E-state index in [9.17, 15) is 5.11 Å². The van der Waals surface area contributed by atoms with Crippen LogP contribution in [0, 0.1) is 13.8 Å². The molecule has 1 aromatic rings. The monoisotopic (exact) mass is 222 g/mol. The quantitative estimate of drug-likeness (QED) is 0.749. The van der Waals surface area contributed by atoms with E-state index in [2.05, 4.69) is 26.0 Å². The maximum absolute atomic E-state index is 9.41. The van der Waals surface area contributed by atoms with Crippen molar-refractivity contribution < 1.29 is 9.84 Å². The highest BCUT2D eigenvalue weighted by atomic mass is 16.5. The van der Waals surface area contributed by atoms with Crippen LogP contribution in [0.2, 0.25) is 0 Å². The van der Waals surface area contributed by atoms with Crippen molar-refractivity contribution in [2.24, 2.45) is 0 Å². The van der Waals surface area contributed by atoms with Gasteiger partial charge in [0, 0.05) is 0 Å². The van der Waals surface area contributed by atoms with Crippen LogP contribution in [0.3, 0.4) is 0 Å². The Morgan fingerprint density at radius 3 is 2.44 bits per heavy atom. The van der Waals surface area contributed by atoms with E-state index in [-0.39, 0.29) is 6.10 Å². The molecule has 1 rings (SSSR count). The molecule has 1 atom stereocenters. The van der Waals surface area contributed by atoms with Crippen molar-refractivity contribution in [3.8, 4) is 5.75 Å². The molecular weight excluding hydrogens is 200 g/mol. The topological polar surface area (TPSA) is 29.5 Å². The van der Waals surface area contributed by atoms with Gasteiger partial charge in [0.25, 0.3) is 0 Å². The molecule has 0 fully saturated rings. The molecule has 0 amide bonds. The minimum absolute atomic E-state index is 0.179. The summed E-state index contributed by atoms with van der Waals surface area (Å²) in [6.07, 6.45) is 2.37. The molecular formula is C14H22O2. The SMILES string of the molecule is CCC(O)CCCOc1c(C)cccc1C. The summed E-state index contributed by atoms with van der Waals surface area (Å²) in [4.78, 5) is 0. The molecule has 0 aromatic heterocycles. The molecule has 0 aliphatic carbocycles. The molecule has 1 unspecified atom stereocenters. The first-order valence-electron chi connectivity index (χ1n) is 6.02. The van der Waals surface area contributed by atoms with Gasteiger partial charge in [-0.3, -0.25) is 0 Å². The van der Waals surface area contributed by atoms with E-state index >= 15 is 0 Å². The van der Waals surface area contributed by atoms with Crippen molar-refractivity contribution in [2.45, 2.75) is 46.1 Å². The van der Waals surface area contributed by atoms with Crippen LogP contribution in [-0.4, -0.2) is 17.8 Å². The highest BCUT2D eigenvalue weighted by Gasteiger charge is 2.04. The Morgan fingerprint density at radius 2 is 1.88 bits per heavy atom. The van der Waals surface area contributed by atoms with Gasteiger partial charge in [0.1, 0.15) is 5.75 Å². The fourth-order valence-electron chi connectivity index (χ4n) is 1.72. The molecule has 0 spiro atoms. The number of aliphatic hydroxyl groups excluding tert-OH is 1. The summed E-state index contributed by atoms with van der Waals surface area (Å²) < 4.78 is 5.75. The molecule has 0 aliphatic heterocycles. The second kappa shape index (κ2) is 6.54. The summed E-state index contributed by atoms with van der Waals surface area (Å²) in [7, 11) is 0. The number of hydrogen-bond donors (Lipinski definition) is 1. The predicted molar refractivity (Wildman–Crippen MR) is 66.9 cm³/mol. The molecule has 16 heavy (non-hydrogen) atoms. The molecule has 1 N–H and O–H groups in total. The van der Waals surface area contributed by atoms with Crippen molar-refractivity contribution in [1.82, 2.24) is 0 Å². The van der Waals surface area contributed by atoms with Crippen molar-refractivity contribution in [3.63, 3.8) is 0 Å². The molecule has 90 valence electrons. The normalized spacial score (nSPS) is 12.5. The number of aliphatic hydroxyl groups is 1.